The zero-order valence-electron chi connectivity index (χ0n) is 12.4. The van der Waals surface area contributed by atoms with Gasteiger partial charge in [0, 0.05) is 11.9 Å². The number of carbonyl (C=O) groups is 1. The third kappa shape index (κ3) is 2.90. The fraction of sp³-hybridized carbons (Fsp3) is 0.143. The van der Waals surface area contributed by atoms with Crippen molar-refractivity contribution in [1.29, 1.82) is 5.26 Å². The van der Waals surface area contributed by atoms with E-state index in [9.17, 15) is 13.2 Å². The predicted molar refractivity (Wildman–Crippen MR) is 82.3 cm³/mol. The largest absolute Gasteiger partial charge is 0.464 e. The Hall–Kier alpha value is -2.83. The summed E-state index contributed by atoms with van der Waals surface area (Å²) in [6, 6.07) is 6.29. The number of nitrogen functional groups attached to an aromatic ring is 1. The van der Waals surface area contributed by atoms with Gasteiger partial charge in [-0.15, -0.1) is 0 Å². The van der Waals surface area contributed by atoms with Crippen LogP contribution in [-0.2, 0) is 14.8 Å². The highest BCUT2D eigenvalue weighted by atomic mass is 32.2. The second kappa shape index (κ2) is 5.75. The molecule has 1 heterocycles. The number of hydrogen-bond acceptors (Lipinski definition) is 6. The third-order valence-electron chi connectivity index (χ3n) is 3.30. The van der Waals surface area contributed by atoms with Crippen molar-refractivity contribution in [3.8, 4) is 11.8 Å². The van der Waals surface area contributed by atoms with E-state index in [2.05, 4.69) is 4.74 Å². The summed E-state index contributed by atoms with van der Waals surface area (Å²) in [7, 11) is -2.76. The SMILES string of the molecule is COC(=O)c1c(N)c(C#N)cn1-c1ccc(C)c(S(N)(=O)=O)c1. The zero-order chi connectivity index (χ0) is 17.4. The topological polar surface area (TPSA) is 141 Å². The molecular weight excluding hydrogens is 320 g/mol. The first-order chi connectivity index (χ1) is 10.7. The minimum atomic E-state index is -3.94. The van der Waals surface area contributed by atoms with Crippen LogP contribution in [0.2, 0.25) is 0 Å². The van der Waals surface area contributed by atoms with Gasteiger partial charge >= 0.3 is 5.97 Å². The third-order valence-corrected chi connectivity index (χ3v) is 4.35. The molecule has 0 saturated carbocycles. The first-order valence-electron chi connectivity index (χ1n) is 6.33. The summed E-state index contributed by atoms with van der Waals surface area (Å²) in [4.78, 5) is 11.8. The van der Waals surface area contributed by atoms with Gasteiger partial charge in [0.2, 0.25) is 10.0 Å². The van der Waals surface area contributed by atoms with E-state index in [1.54, 1.807) is 19.1 Å². The molecule has 0 atom stereocenters. The second-order valence-corrected chi connectivity index (χ2v) is 6.30. The fourth-order valence-electron chi connectivity index (χ4n) is 2.16. The van der Waals surface area contributed by atoms with Gasteiger partial charge in [-0.3, -0.25) is 0 Å². The van der Waals surface area contributed by atoms with Crippen molar-refractivity contribution in [2.45, 2.75) is 11.8 Å². The molecule has 0 radical (unpaired) electrons. The number of esters is 1. The van der Waals surface area contributed by atoms with Crippen LogP contribution in [0.3, 0.4) is 0 Å². The lowest BCUT2D eigenvalue weighted by Gasteiger charge is -2.11. The molecule has 23 heavy (non-hydrogen) atoms. The number of hydrogen-bond donors (Lipinski definition) is 2. The van der Waals surface area contributed by atoms with E-state index in [-0.39, 0.29) is 21.8 Å². The Morgan fingerprint density at radius 2 is 2.04 bits per heavy atom. The van der Waals surface area contributed by atoms with E-state index in [1.807, 2.05) is 6.07 Å². The van der Waals surface area contributed by atoms with Gasteiger partial charge in [-0.05, 0) is 24.6 Å². The van der Waals surface area contributed by atoms with E-state index in [0.29, 0.717) is 11.3 Å². The summed E-state index contributed by atoms with van der Waals surface area (Å²) in [5.41, 5.74) is 6.53. The Morgan fingerprint density at radius 1 is 1.39 bits per heavy atom. The van der Waals surface area contributed by atoms with Crippen LogP contribution in [-0.4, -0.2) is 26.1 Å². The molecule has 0 amide bonds. The minimum Gasteiger partial charge on any atom is -0.464 e. The number of nitrogens with zero attached hydrogens (tertiary/aromatic N) is 2. The standard InChI is InChI=1S/C14H14N4O4S/c1-8-3-4-10(5-11(8)23(17,20)21)18-7-9(6-15)12(16)13(18)14(19)22-2/h3-5,7H,16H2,1-2H3,(H2,17,20,21). The van der Waals surface area contributed by atoms with E-state index in [4.69, 9.17) is 16.1 Å². The van der Waals surface area contributed by atoms with Gasteiger partial charge in [0.25, 0.3) is 0 Å². The van der Waals surface area contributed by atoms with E-state index in [0.717, 1.165) is 0 Å². The van der Waals surface area contributed by atoms with Crippen molar-refractivity contribution in [1.82, 2.24) is 4.57 Å². The fourth-order valence-corrected chi connectivity index (χ4v) is 2.97. The number of rotatable bonds is 3. The number of primary sulfonamides is 1. The predicted octanol–water partition coefficient (Wildman–Crippen LogP) is 0.674. The van der Waals surface area contributed by atoms with Gasteiger partial charge in [-0.2, -0.15) is 5.26 Å². The summed E-state index contributed by atoms with van der Waals surface area (Å²) in [6.07, 6.45) is 1.33. The molecule has 0 aliphatic rings. The lowest BCUT2D eigenvalue weighted by molar-refractivity contribution is 0.0593. The Kier molecular flexibility index (Phi) is 4.14. The van der Waals surface area contributed by atoms with Crippen molar-refractivity contribution < 1.29 is 17.9 Å². The van der Waals surface area contributed by atoms with Crippen LogP contribution in [0.25, 0.3) is 5.69 Å². The number of nitrogens with two attached hydrogens (primary N) is 2. The number of ether oxygens (including phenoxy) is 1. The van der Waals surface area contributed by atoms with Crippen molar-refractivity contribution >= 4 is 21.7 Å². The van der Waals surface area contributed by atoms with Crippen molar-refractivity contribution in [2.75, 3.05) is 12.8 Å². The van der Waals surface area contributed by atoms with Crippen LogP contribution < -0.4 is 10.9 Å². The van der Waals surface area contributed by atoms with Gasteiger partial charge < -0.3 is 15.0 Å². The van der Waals surface area contributed by atoms with Crippen LogP contribution in [0.15, 0.2) is 29.3 Å². The number of sulfonamides is 1. The summed E-state index contributed by atoms with van der Waals surface area (Å²) in [5.74, 6) is -0.748. The van der Waals surface area contributed by atoms with Crippen molar-refractivity contribution in [3.05, 3.63) is 41.2 Å². The lowest BCUT2D eigenvalue weighted by atomic mass is 10.2. The molecule has 2 rings (SSSR count). The molecule has 0 aliphatic heterocycles. The highest BCUT2D eigenvalue weighted by molar-refractivity contribution is 7.89. The van der Waals surface area contributed by atoms with Gasteiger partial charge in [0.15, 0.2) is 5.69 Å². The van der Waals surface area contributed by atoms with Gasteiger partial charge in [-0.1, -0.05) is 6.07 Å². The molecule has 9 heteroatoms. The molecule has 0 bridgehead atoms. The zero-order valence-corrected chi connectivity index (χ0v) is 13.2. The highest BCUT2D eigenvalue weighted by Crippen LogP contribution is 2.26. The normalized spacial score (nSPS) is 11.0. The average Bonchev–Trinajstić information content (AvgIpc) is 2.82. The summed E-state index contributed by atoms with van der Waals surface area (Å²) in [6.45, 7) is 1.59. The number of carbonyl (C=O) groups excluding carboxylic acids is 1. The Balaban J connectivity index is 2.78. The van der Waals surface area contributed by atoms with E-state index >= 15 is 0 Å². The minimum absolute atomic E-state index is 0.0444. The van der Waals surface area contributed by atoms with E-state index in [1.165, 1.54) is 23.9 Å². The van der Waals surface area contributed by atoms with Crippen LogP contribution in [0.4, 0.5) is 5.69 Å². The Labute approximate surface area is 132 Å². The number of anilines is 1. The Morgan fingerprint density at radius 3 is 2.57 bits per heavy atom. The molecule has 1 aromatic carbocycles. The molecule has 0 unspecified atom stereocenters. The van der Waals surface area contributed by atoms with Crippen LogP contribution >= 0.6 is 0 Å². The maximum atomic E-state index is 11.9. The maximum Gasteiger partial charge on any atom is 0.357 e. The maximum absolute atomic E-state index is 11.9. The summed E-state index contributed by atoms with van der Waals surface area (Å²) < 4.78 is 29.2. The molecule has 0 spiro atoms. The van der Waals surface area contributed by atoms with Crippen LogP contribution in [0, 0.1) is 18.3 Å². The summed E-state index contributed by atoms with van der Waals surface area (Å²) >= 11 is 0. The first kappa shape index (κ1) is 16.5. The van der Waals surface area contributed by atoms with E-state index < -0.39 is 16.0 Å². The molecule has 0 saturated heterocycles. The molecule has 0 aliphatic carbocycles. The van der Waals surface area contributed by atoms with Crippen molar-refractivity contribution in [2.24, 2.45) is 5.14 Å². The molecule has 120 valence electrons. The van der Waals surface area contributed by atoms with Gasteiger partial charge in [0.05, 0.1) is 23.3 Å². The van der Waals surface area contributed by atoms with Gasteiger partial charge in [0.1, 0.15) is 6.07 Å². The number of aryl methyl sites for hydroxylation is 1. The van der Waals surface area contributed by atoms with Gasteiger partial charge in [-0.25, -0.2) is 18.4 Å². The van der Waals surface area contributed by atoms with Crippen LogP contribution in [0.1, 0.15) is 21.6 Å². The number of aromatic nitrogens is 1. The quantitative estimate of drug-likeness (QED) is 0.790. The number of methoxy groups -OCH3 is 1. The average molecular weight is 334 g/mol. The number of benzene rings is 1. The monoisotopic (exact) mass is 334 g/mol. The van der Waals surface area contributed by atoms with Crippen LogP contribution in [0.5, 0.6) is 0 Å². The molecule has 2 aromatic rings. The Bertz CT molecular complexity index is 938. The molecule has 4 N–H and O–H groups in total. The second-order valence-electron chi connectivity index (χ2n) is 4.77. The molecule has 0 fully saturated rings. The lowest BCUT2D eigenvalue weighted by Crippen LogP contribution is -2.15. The highest BCUT2D eigenvalue weighted by Gasteiger charge is 2.22. The number of nitriles is 1. The molecule has 8 nitrogen and oxygen atoms in total. The molecular formula is C14H14N4O4S. The molecule has 1 aromatic heterocycles. The van der Waals surface area contributed by atoms with Crippen molar-refractivity contribution in [3.63, 3.8) is 0 Å². The first-order valence-corrected chi connectivity index (χ1v) is 7.88. The summed E-state index contributed by atoms with van der Waals surface area (Å²) in [5, 5.41) is 14.3. The smallest absolute Gasteiger partial charge is 0.357 e.